The molecule has 0 aliphatic carbocycles. The quantitative estimate of drug-likeness (QED) is 0.568. The number of piperazine rings is 1. The van der Waals surface area contributed by atoms with Gasteiger partial charge in [-0.1, -0.05) is 12.1 Å². The van der Waals surface area contributed by atoms with Crippen LogP contribution in [-0.2, 0) is 0 Å². The molecule has 0 N–H and O–H groups in total. The smallest absolute Gasteiger partial charge is 0.256 e. The minimum absolute atomic E-state index is 0.0976. The van der Waals surface area contributed by atoms with E-state index in [4.69, 9.17) is 14.2 Å². The van der Waals surface area contributed by atoms with Gasteiger partial charge in [0, 0.05) is 31.7 Å². The summed E-state index contributed by atoms with van der Waals surface area (Å²) in [7, 11) is 4.68. The number of anilines is 1. The van der Waals surface area contributed by atoms with E-state index in [1.165, 1.54) is 12.1 Å². The average molecular weight is 452 g/mol. The van der Waals surface area contributed by atoms with E-state index >= 15 is 0 Å². The second kappa shape index (κ2) is 9.72. The van der Waals surface area contributed by atoms with Gasteiger partial charge in [0.25, 0.3) is 5.91 Å². The molecule has 9 heteroatoms. The third-order valence-electron chi connectivity index (χ3n) is 5.61. The predicted octanol–water partition coefficient (Wildman–Crippen LogP) is 3.27. The molecule has 4 rings (SSSR count). The van der Waals surface area contributed by atoms with Crippen molar-refractivity contribution in [3.05, 3.63) is 59.9 Å². The van der Waals surface area contributed by atoms with Crippen molar-refractivity contribution in [1.29, 1.82) is 0 Å². The zero-order chi connectivity index (χ0) is 23.4. The summed E-state index contributed by atoms with van der Waals surface area (Å²) in [6.07, 6.45) is 0. The van der Waals surface area contributed by atoms with Crippen molar-refractivity contribution < 1.29 is 23.4 Å². The molecule has 0 saturated carbocycles. The number of amides is 1. The molecule has 0 radical (unpaired) electrons. The van der Waals surface area contributed by atoms with Crippen LogP contribution in [-0.4, -0.2) is 68.5 Å². The first-order valence-electron chi connectivity index (χ1n) is 10.5. The molecule has 1 aromatic heterocycles. The van der Waals surface area contributed by atoms with Crippen LogP contribution in [0.3, 0.4) is 0 Å². The fourth-order valence-electron chi connectivity index (χ4n) is 3.82. The summed E-state index contributed by atoms with van der Waals surface area (Å²) in [5.74, 6) is 1.50. The van der Waals surface area contributed by atoms with Crippen LogP contribution in [0.25, 0.3) is 11.3 Å². The molecule has 0 unspecified atom stereocenters. The van der Waals surface area contributed by atoms with Gasteiger partial charge in [-0.2, -0.15) is 0 Å². The summed E-state index contributed by atoms with van der Waals surface area (Å²) >= 11 is 0. The van der Waals surface area contributed by atoms with E-state index in [1.807, 2.05) is 24.3 Å². The maximum absolute atomic E-state index is 14.0. The van der Waals surface area contributed by atoms with Crippen molar-refractivity contribution in [3.8, 4) is 28.5 Å². The first-order valence-corrected chi connectivity index (χ1v) is 10.5. The van der Waals surface area contributed by atoms with Crippen molar-refractivity contribution >= 4 is 11.7 Å². The lowest BCUT2D eigenvalue weighted by molar-refractivity contribution is 0.0741. The van der Waals surface area contributed by atoms with Gasteiger partial charge in [0.05, 0.1) is 32.6 Å². The van der Waals surface area contributed by atoms with Crippen LogP contribution in [0.5, 0.6) is 17.2 Å². The number of carbonyl (C=O) groups is 1. The normalized spacial score (nSPS) is 13.6. The van der Waals surface area contributed by atoms with E-state index in [0.29, 0.717) is 54.9 Å². The maximum Gasteiger partial charge on any atom is 0.256 e. The fraction of sp³-hybridized carbons (Fsp3) is 0.292. The van der Waals surface area contributed by atoms with E-state index in [1.54, 1.807) is 38.4 Å². The van der Waals surface area contributed by atoms with Gasteiger partial charge in [0.1, 0.15) is 5.82 Å². The predicted molar refractivity (Wildman–Crippen MR) is 122 cm³/mol. The number of rotatable bonds is 6. The molecule has 3 aromatic rings. The first kappa shape index (κ1) is 22.3. The van der Waals surface area contributed by atoms with Gasteiger partial charge in [-0.25, -0.2) is 4.39 Å². The summed E-state index contributed by atoms with van der Waals surface area (Å²) in [5, 5.41) is 8.74. The van der Waals surface area contributed by atoms with E-state index in [2.05, 4.69) is 15.1 Å². The third-order valence-corrected chi connectivity index (χ3v) is 5.61. The Balaban J connectivity index is 1.46. The van der Waals surface area contributed by atoms with Crippen LogP contribution >= 0.6 is 0 Å². The number of aromatic nitrogens is 2. The number of halogens is 1. The lowest BCUT2D eigenvalue weighted by atomic mass is 10.1. The average Bonchev–Trinajstić information content (AvgIpc) is 2.87. The number of ether oxygens (including phenoxy) is 3. The highest BCUT2D eigenvalue weighted by Crippen LogP contribution is 2.40. The second-order valence-corrected chi connectivity index (χ2v) is 7.45. The highest BCUT2D eigenvalue weighted by atomic mass is 19.1. The fourth-order valence-corrected chi connectivity index (χ4v) is 3.82. The number of hydrogen-bond acceptors (Lipinski definition) is 7. The summed E-state index contributed by atoms with van der Waals surface area (Å²) in [5.41, 5.74) is 1.54. The molecule has 1 fully saturated rings. The van der Waals surface area contributed by atoms with E-state index in [-0.39, 0.29) is 11.5 Å². The Labute approximate surface area is 191 Å². The number of methoxy groups -OCH3 is 3. The molecule has 33 heavy (non-hydrogen) atoms. The largest absolute Gasteiger partial charge is 0.493 e. The molecular weight excluding hydrogens is 427 g/mol. The molecular formula is C24H25FN4O4. The minimum Gasteiger partial charge on any atom is -0.493 e. The van der Waals surface area contributed by atoms with Gasteiger partial charge in [-0.05, 0) is 36.4 Å². The van der Waals surface area contributed by atoms with Crippen molar-refractivity contribution in [2.24, 2.45) is 0 Å². The van der Waals surface area contributed by atoms with Crippen LogP contribution in [0.1, 0.15) is 10.4 Å². The summed E-state index contributed by atoms with van der Waals surface area (Å²) in [6, 6.07) is 13.4. The standard InChI is InChI=1S/C24H25FN4O4/c1-31-20-14-16(15-21(32-2)23(20)33-3)19-8-9-22(27-26-19)28-10-12-29(13-11-28)24(30)17-6-4-5-7-18(17)25/h4-9,14-15H,10-13H2,1-3H3. The van der Waals surface area contributed by atoms with Crippen LogP contribution in [0.4, 0.5) is 10.2 Å². The molecule has 8 nitrogen and oxygen atoms in total. The van der Waals surface area contributed by atoms with Gasteiger partial charge in [-0.15, -0.1) is 10.2 Å². The van der Waals surface area contributed by atoms with Gasteiger partial charge in [0.2, 0.25) is 5.75 Å². The lowest BCUT2D eigenvalue weighted by Crippen LogP contribution is -2.49. The molecule has 2 heterocycles. The van der Waals surface area contributed by atoms with Crippen LogP contribution in [0.2, 0.25) is 0 Å². The molecule has 172 valence electrons. The maximum atomic E-state index is 14.0. The molecule has 0 atom stereocenters. The van der Waals surface area contributed by atoms with Crippen molar-refractivity contribution in [2.45, 2.75) is 0 Å². The Bertz CT molecular complexity index is 1110. The molecule has 1 aliphatic rings. The summed E-state index contributed by atoms with van der Waals surface area (Å²) in [4.78, 5) is 16.3. The highest BCUT2D eigenvalue weighted by Gasteiger charge is 2.25. The Kier molecular flexibility index (Phi) is 6.58. The third kappa shape index (κ3) is 4.52. The van der Waals surface area contributed by atoms with Gasteiger partial charge < -0.3 is 24.0 Å². The van der Waals surface area contributed by atoms with Gasteiger partial charge in [0.15, 0.2) is 17.3 Å². The van der Waals surface area contributed by atoms with Crippen LogP contribution in [0, 0.1) is 5.82 Å². The Morgan fingerprint density at radius 2 is 1.55 bits per heavy atom. The van der Waals surface area contributed by atoms with Gasteiger partial charge in [-0.3, -0.25) is 4.79 Å². The van der Waals surface area contributed by atoms with E-state index in [0.717, 1.165) is 5.56 Å². The Hall–Kier alpha value is -3.88. The molecule has 0 spiro atoms. The van der Waals surface area contributed by atoms with Crippen LogP contribution in [0.15, 0.2) is 48.5 Å². The van der Waals surface area contributed by atoms with Crippen LogP contribution < -0.4 is 19.1 Å². The van der Waals surface area contributed by atoms with E-state index < -0.39 is 5.82 Å². The Morgan fingerprint density at radius 3 is 2.09 bits per heavy atom. The van der Waals surface area contributed by atoms with Gasteiger partial charge >= 0.3 is 0 Å². The Morgan fingerprint density at radius 1 is 0.879 bits per heavy atom. The molecule has 0 bridgehead atoms. The topological polar surface area (TPSA) is 77.0 Å². The second-order valence-electron chi connectivity index (χ2n) is 7.45. The number of benzene rings is 2. The van der Waals surface area contributed by atoms with Crippen molar-refractivity contribution in [3.63, 3.8) is 0 Å². The monoisotopic (exact) mass is 452 g/mol. The zero-order valence-electron chi connectivity index (χ0n) is 18.7. The summed E-state index contributed by atoms with van der Waals surface area (Å²) < 4.78 is 30.1. The molecule has 1 aliphatic heterocycles. The molecule has 1 saturated heterocycles. The SMILES string of the molecule is COc1cc(-c2ccc(N3CCN(C(=O)c4ccccc4F)CC3)nn2)cc(OC)c1OC. The lowest BCUT2D eigenvalue weighted by Gasteiger charge is -2.35. The number of hydrogen-bond donors (Lipinski definition) is 0. The van der Waals surface area contributed by atoms with E-state index in [9.17, 15) is 9.18 Å². The number of carbonyl (C=O) groups excluding carboxylic acids is 1. The molecule has 2 aromatic carbocycles. The van der Waals surface area contributed by atoms with Crippen molar-refractivity contribution in [1.82, 2.24) is 15.1 Å². The summed E-state index contributed by atoms with van der Waals surface area (Å²) in [6.45, 7) is 2.11. The zero-order valence-corrected chi connectivity index (χ0v) is 18.7. The first-order chi connectivity index (χ1) is 16.0. The number of nitrogens with zero attached hydrogens (tertiary/aromatic N) is 4. The molecule has 1 amide bonds. The van der Waals surface area contributed by atoms with Crippen molar-refractivity contribution in [2.75, 3.05) is 52.4 Å². The minimum atomic E-state index is -0.502. The highest BCUT2D eigenvalue weighted by molar-refractivity contribution is 5.94.